The molecule has 0 spiro atoms. The van der Waals surface area contributed by atoms with Gasteiger partial charge in [0.1, 0.15) is 5.75 Å². The maximum absolute atomic E-state index is 6.32. The molecule has 1 aliphatic carbocycles. The number of nitrogens with one attached hydrogen (secondary N) is 1. The molecule has 0 aliphatic heterocycles. The fourth-order valence-corrected chi connectivity index (χ4v) is 3.39. The molecule has 2 aromatic rings. The van der Waals surface area contributed by atoms with Crippen LogP contribution in [0.4, 0.5) is 0 Å². The maximum atomic E-state index is 6.32. The van der Waals surface area contributed by atoms with Gasteiger partial charge in [-0.3, -0.25) is 5.10 Å². The second-order valence-electron chi connectivity index (χ2n) is 6.24. The third-order valence-corrected chi connectivity index (χ3v) is 4.71. The molecule has 1 heterocycles. The van der Waals surface area contributed by atoms with Crippen LogP contribution in [-0.2, 0) is 6.42 Å². The molecule has 21 heavy (non-hydrogen) atoms. The van der Waals surface area contributed by atoms with E-state index in [0.717, 1.165) is 30.5 Å². The zero-order valence-electron chi connectivity index (χ0n) is 13.2. The lowest BCUT2D eigenvalue weighted by Crippen LogP contribution is -2.35. The fourth-order valence-electron chi connectivity index (χ4n) is 3.39. The third kappa shape index (κ3) is 2.91. The van der Waals surface area contributed by atoms with Gasteiger partial charge in [0.2, 0.25) is 0 Å². The molecule has 0 atom stereocenters. The van der Waals surface area contributed by atoms with Crippen LogP contribution in [0.3, 0.4) is 0 Å². The Kier molecular flexibility index (Phi) is 4.15. The van der Waals surface area contributed by atoms with Crippen LogP contribution in [0.2, 0.25) is 0 Å². The lowest BCUT2D eigenvalue weighted by Gasteiger charge is -2.33. The zero-order chi connectivity index (χ0) is 14.8. The number of nitrogens with zero attached hydrogens (tertiary/aromatic N) is 2. The van der Waals surface area contributed by atoms with E-state index in [1.54, 1.807) is 0 Å². The van der Waals surface area contributed by atoms with Crippen LogP contribution >= 0.6 is 0 Å². The Bertz CT molecular complexity index is 597. The molecule has 0 unspecified atom stereocenters. The van der Waals surface area contributed by atoms with E-state index in [2.05, 4.69) is 48.2 Å². The number of fused-ring (bicyclic) bond motifs is 1. The first-order valence-corrected chi connectivity index (χ1v) is 7.97. The quantitative estimate of drug-likeness (QED) is 0.937. The van der Waals surface area contributed by atoms with Crippen molar-refractivity contribution in [2.75, 3.05) is 14.1 Å². The molecule has 114 valence electrons. The molecule has 1 saturated carbocycles. The standard InChI is InChI=1S/C17H25N3O/c1-4-14-15-11-18-19-16(15)9-10-17(14)21-13-7-5-12(6-8-13)20(2)3/h9-13H,4-8H2,1-3H3,(H,18,19). The topological polar surface area (TPSA) is 41.1 Å². The predicted octanol–water partition coefficient (Wildman–Crippen LogP) is 3.38. The number of aryl methyl sites for hydroxylation is 1. The first-order chi connectivity index (χ1) is 10.2. The second-order valence-corrected chi connectivity index (χ2v) is 6.24. The second kappa shape index (κ2) is 6.06. The Morgan fingerprint density at radius 3 is 2.67 bits per heavy atom. The highest BCUT2D eigenvalue weighted by molar-refractivity contribution is 5.84. The largest absolute Gasteiger partial charge is 0.490 e. The fraction of sp³-hybridized carbons (Fsp3) is 0.588. The first-order valence-electron chi connectivity index (χ1n) is 7.97. The minimum Gasteiger partial charge on any atom is -0.490 e. The van der Waals surface area contributed by atoms with Crippen LogP contribution in [0.15, 0.2) is 18.3 Å². The van der Waals surface area contributed by atoms with Crippen molar-refractivity contribution in [1.82, 2.24) is 15.1 Å². The highest BCUT2D eigenvalue weighted by atomic mass is 16.5. The molecule has 0 bridgehead atoms. The van der Waals surface area contributed by atoms with Crippen molar-refractivity contribution < 1.29 is 4.74 Å². The summed E-state index contributed by atoms with van der Waals surface area (Å²) in [4.78, 5) is 2.34. The van der Waals surface area contributed by atoms with Crippen LogP contribution in [0.25, 0.3) is 10.9 Å². The number of hydrogen-bond donors (Lipinski definition) is 1. The number of aromatic amines is 1. The van der Waals surface area contributed by atoms with Crippen molar-refractivity contribution in [3.8, 4) is 5.75 Å². The summed E-state index contributed by atoms with van der Waals surface area (Å²) >= 11 is 0. The van der Waals surface area contributed by atoms with Crippen LogP contribution in [-0.4, -0.2) is 41.3 Å². The molecule has 1 aromatic heterocycles. The minimum absolute atomic E-state index is 0.357. The molecular formula is C17H25N3O. The molecule has 3 rings (SSSR count). The van der Waals surface area contributed by atoms with E-state index in [1.165, 1.54) is 23.8 Å². The monoisotopic (exact) mass is 287 g/mol. The van der Waals surface area contributed by atoms with Crippen molar-refractivity contribution in [3.63, 3.8) is 0 Å². The summed E-state index contributed by atoms with van der Waals surface area (Å²) in [7, 11) is 4.35. The van der Waals surface area contributed by atoms with E-state index in [4.69, 9.17) is 4.74 Å². The minimum atomic E-state index is 0.357. The van der Waals surface area contributed by atoms with Gasteiger partial charge in [0.25, 0.3) is 0 Å². The van der Waals surface area contributed by atoms with Crippen molar-refractivity contribution in [2.24, 2.45) is 0 Å². The SMILES string of the molecule is CCc1c(OC2CCC(N(C)C)CC2)ccc2[nH]ncc12. The van der Waals surface area contributed by atoms with Gasteiger partial charge < -0.3 is 9.64 Å². The lowest BCUT2D eigenvalue weighted by molar-refractivity contribution is 0.110. The van der Waals surface area contributed by atoms with Crippen LogP contribution in [0.1, 0.15) is 38.2 Å². The van der Waals surface area contributed by atoms with Crippen molar-refractivity contribution in [2.45, 2.75) is 51.2 Å². The van der Waals surface area contributed by atoms with Crippen LogP contribution in [0, 0.1) is 0 Å². The molecule has 4 nitrogen and oxygen atoms in total. The van der Waals surface area contributed by atoms with Crippen molar-refractivity contribution in [1.29, 1.82) is 0 Å². The Hall–Kier alpha value is -1.55. The summed E-state index contributed by atoms with van der Waals surface area (Å²) in [5.74, 6) is 1.04. The number of ether oxygens (including phenoxy) is 1. The Morgan fingerprint density at radius 1 is 1.24 bits per heavy atom. The van der Waals surface area contributed by atoms with E-state index < -0.39 is 0 Å². The number of rotatable bonds is 4. The van der Waals surface area contributed by atoms with Gasteiger partial charge in [0.05, 0.1) is 17.8 Å². The molecule has 0 amide bonds. The molecule has 4 heteroatoms. The van der Waals surface area contributed by atoms with Gasteiger partial charge in [-0.15, -0.1) is 0 Å². The Morgan fingerprint density at radius 2 is 2.00 bits per heavy atom. The van der Waals surface area contributed by atoms with Gasteiger partial charge in [0, 0.05) is 17.0 Å². The Balaban J connectivity index is 1.73. The first kappa shape index (κ1) is 14.4. The number of benzene rings is 1. The van der Waals surface area contributed by atoms with E-state index in [0.29, 0.717) is 12.1 Å². The molecular weight excluding hydrogens is 262 g/mol. The third-order valence-electron chi connectivity index (χ3n) is 4.71. The molecule has 1 aliphatic rings. The Labute approximate surface area is 126 Å². The van der Waals surface area contributed by atoms with E-state index in [1.807, 2.05) is 6.20 Å². The van der Waals surface area contributed by atoms with E-state index in [-0.39, 0.29) is 0 Å². The molecule has 1 N–H and O–H groups in total. The average molecular weight is 287 g/mol. The molecule has 1 aromatic carbocycles. The van der Waals surface area contributed by atoms with Gasteiger partial charge in [-0.25, -0.2) is 0 Å². The summed E-state index contributed by atoms with van der Waals surface area (Å²) in [5, 5.41) is 8.37. The summed E-state index contributed by atoms with van der Waals surface area (Å²) < 4.78 is 6.32. The summed E-state index contributed by atoms with van der Waals surface area (Å²) in [6, 6.07) is 4.88. The average Bonchev–Trinajstić information content (AvgIpc) is 2.96. The van der Waals surface area contributed by atoms with Gasteiger partial charge in [-0.05, 0) is 58.3 Å². The lowest BCUT2D eigenvalue weighted by atomic mass is 9.92. The van der Waals surface area contributed by atoms with Crippen LogP contribution < -0.4 is 4.74 Å². The van der Waals surface area contributed by atoms with Gasteiger partial charge in [-0.1, -0.05) is 6.92 Å². The zero-order valence-corrected chi connectivity index (χ0v) is 13.2. The highest BCUT2D eigenvalue weighted by Gasteiger charge is 2.24. The van der Waals surface area contributed by atoms with Crippen molar-refractivity contribution in [3.05, 3.63) is 23.9 Å². The molecule has 0 saturated heterocycles. The van der Waals surface area contributed by atoms with Gasteiger partial charge in [-0.2, -0.15) is 5.10 Å². The summed E-state index contributed by atoms with van der Waals surface area (Å²) in [6.45, 7) is 2.18. The number of hydrogen-bond acceptors (Lipinski definition) is 3. The van der Waals surface area contributed by atoms with Crippen LogP contribution in [0.5, 0.6) is 5.75 Å². The highest BCUT2D eigenvalue weighted by Crippen LogP contribution is 2.31. The summed E-state index contributed by atoms with van der Waals surface area (Å²) in [5.41, 5.74) is 2.37. The predicted molar refractivity (Wildman–Crippen MR) is 85.8 cm³/mol. The smallest absolute Gasteiger partial charge is 0.123 e. The van der Waals surface area contributed by atoms with E-state index in [9.17, 15) is 0 Å². The number of aromatic nitrogens is 2. The summed E-state index contributed by atoms with van der Waals surface area (Å²) in [6.07, 6.45) is 7.99. The maximum Gasteiger partial charge on any atom is 0.123 e. The number of H-pyrrole nitrogens is 1. The normalized spacial score (nSPS) is 22.9. The van der Waals surface area contributed by atoms with Crippen molar-refractivity contribution >= 4 is 10.9 Å². The molecule has 1 fully saturated rings. The molecule has 0 radical (unpaired) electrons. The van der Waals surface area contributed by atoms with Gasteiger partial charge >= 0.3 is 0 Å². The van der Waals surface area contributed by atoms with E-state index >= 15 is 0 Å². The van der Waals surface area contributed by atoms with Gasteiger partial charge in [0.15, 0.2) is 0 Å².